The Kier molecular flexibility index (Phi) is 2.92. The van der Waals surface area contributed by atoms with E-state index in [1.807, 2.05) is 26.0 Å². The Labute approximate surface area is 99.8 Å². The average molecular weight is 236 g/mol. The summed E-state index contributed by atoms with van der Waals surface area (Å²) in [7, 11) is 0. The number of hydrogen-bond acceptors (Lipinski definition) is 3. The predicted octanol–water partition coefficient (Wildman–Crippen LogP) is 0.996. The van der Waals surface area contributed by atoms with Crippen LogP contribution >= 0.6 is 0 Å². The molecule has 1 saturated heterocycles. The lowest BCUT2D eigenvalue weighted by Gasteiger charge is -2.36. The molecular weight excluding hydrogens is 220 g/mol. The number of amides is 2. The van der Waals surface area contributed by atoms with E-state index in [1.165, 1.54) is 0 Å². The molecule has 2 heterocycles. The SMILES string of the molecule is Cc1ccc(C(C)N2C(=O)CNC(=O)C2C)o1. The zero-order chi connectivity index (χ0) is 12.6. The van der Waals surface area contributed by atoms with Gasteiger partial charge in [-0.1, -0.05) is 0 Å². The first kappa shape index (κ1) is 11.7. The second-order valence-corrected chi connectivity index (χ2v) is 4.32. The van der Waals surface area contributed by atoms with Gasteiger partial charge in [0.2, 0.25) is 11.8 Å². The average Bonchev–Trinajstić information content (AvgIpc) is 2.71. The molecule has 0 aliphatic carbocycles. The molecule has 5 heteroatoms. The van der Waals surface area contributed by atoms with Crippen molar-refractivity contribution in [2.24, 2.45) is 0 Å². The molecule has 2 amide bonds. The zero-order valence-electron chi connectivity index (χ0n) is 10.2. The number of nitrogens with one attached hydrogen (secondary N) is 1. The summed E-state index contributed by atoms with van der Waals surface area (Å²) in [5.41, 5.74) is 0. The number of rotatable bonds is 2. The number of carbonyl (C=O) groups excluding carboxylic acids is 2. The van der Waals surface area contributed by atoms with E-state index in [9.17, 15) is 9.59 Å². The minimum absolute atomic E-state index is 0.0627. The van der Waals surface area contributed by atoms with E-state index in [4.69, 9.17) is 4.42 Å². The summed E-state index contributed by atoms with van der Waals surface area (Å²) in [6, 6.07) is 3.01. The van der Waals surface area contributed by atoms with Crippen LogP contribution in [-0.2, 0) is 9.59 Å². The fourth-order valence-electron chi connectivity index (χ4n) is 2.11. The highest BCUT2D eigenvalue weighted by Crippen LogP contribution is 2.25. The minimum Gasteiger partial charge on any atom is -0.464 e. The van der Waals surface area contributed by atoms with E-state index in [2.05, 4.69) is 5.32 Å². The van der Waals surface area contributed by atoms with E-state index in [0.29, 0.717) is 5.76 Å². The van der Waals surface area contributed by atoms with Crippen LogP contribution in [0.15, 0.2) is 16.5 Å². The van der Waals surface area contributed by atoms with Gasteiger partial charge >= 0.3 is 0 Å². The molecule has 1 fully saturated rings. The van der Waals surface area contributed by atoms with Gasteiger partial charge in [0.05, 0.1) is 12.6 Å². The largest absolute Gasteiger partial charge is 0.464 e. The van der Waals surface area contributed by atoms with Crippen LogP contribution in [-0.4, -0.2) is 29.3 Å². The maximum Gasteiger partial charge on any atom is 0.243 e. The molecule has 2 rings (SSSR count). The summed E-state index contributed by atoms with van der Waals surface area (Å²) >= 11 is 0. The number of aryl methyl sites for hydroxylation is 1. The molecule has 1 aromatic rings. The molecule has 92 valence electrons. The van der Waals surface area contributed by atoms with Gasteiger partial charge in [-0.2, -0.15) is 0 Å². The third-order valence-corrected chi connectivity index (χ3v) is 3.09. The molecule has 1 aromatic heterocycles. The molecular formula is C12H16N2O3. The van der Waals surface area contributed by atoms with Gasteiger partial charge in [-0.3, -0.25) is 9.59 Å². The zero-order valence-corrected chi connectivity index (χ0v) is 10.2. The molecule has 0 spiro atoms. The van der Waals surface area contributed by atoms with Gasteiger partial charge in [0.15, 0.2) is 0 Å². The molecule has 2 unspecified atom stereocenters. The second-order valence-electron chi connectivity index (χ2n) is 4.32. The van der Waals surface area contributed by atoms with Gasteiger partial charge in [-0.15, -0.1) is 0 Å². The van der Waals surface area contributed by atoms with Crippen LogP contribution in [0.3, 0.4) is 0 Å². The fraction of sp³-hybridized carbons (Fsp3) is 0.500. The van der Waals surface area contributed by atoms with E-state index in [0.717, 1.165) is 5.76 Å². The van der Waals surface area contributed by atoms with Crippen molar-refractivity contribution in [1.82, 2.24) is 10.2 Å². The standard InChI is InChI=1S/C12H16N2O3/c1-7-4-5-10(17-7)8(2)14-9(3)12(16)13-6-11(14)15/h4-5,8-9H,6H2,1-3H3,(H,13,16). The van der Waals surface area contributed by atoms with Gasteiger partial charge in [0.25, 0.3) is 0 Å². The molecule has 2 atom stereocenters. The Morgan fingerprint density at radius 1 is 1.47 bits per heavy atom. The van der Waals surface area contributed by atoms with Crippen LogP contribution in [0.4, 0.5) is 0 Å². The monoisotopic (exact) mass is 236 g/mol. The Morgan fingerprint density at radius 2 is 2.18 bits per heavy atom. The van der Waals surface area contributed by atoms with Crippen molar-refractivity contribution in [2.45, 2.75) is 32.9 Å². The number of hydrogen-bond donors (Lipinski definition) is 1. The summed E-state index contributed by atoms with van der Waals surface area (Å²) < 4.78 is 5.50. The van der Waals surface area contributed by atoms with Crippen LogP contribution in [0.5, 0.6) is 0 Å². The summed E-state index contributed by atoms with van der Waals surface area (Å²) in [5.74, 6) is 1.30. The number of carbonyl (C=O) groups is 2. The lowest BCUT2D eigenvalue weighted by molar-refractivity contribution is -0.147. The van der Waals surface area contributed by atoms with Gasteiger partial charge in [-0.25, -0.2) is 0 Å². The maximum absolute atomic E-state index is 11.8. The molecule has 0 radical (unpaired) electrons. The van der Waals surface area contributed by atoms with Crippen LogP contribution in [0.25, 0.3) is 0 Å². The summed E-state index contributed by atoms with van der Waals surface area (Å²) in [6.45, 7) is 5.50. The van der Waals surface area contributed by atoms with E-state index >= 15 is 0 Å². The summed E-state index contributed by atoms with van der Waals surface area (Å²) in [4.78, 5) is 25.0. The lowest BCUT2D eigenvalue weighted by atomic mass is 10.1. The molecule has 17 heavy (non-hydrogen) atoms. The normalized spacial score (nSPS) is 22.5. The molecule has 1 N–H and O–H groups in total. The minimum atomic E-state index is -0.461. The van der Waals surface area contributed by atoms with Crippen molar-refractivity contribution < 1.29 is 14.0 Å². The first-order valence-electron chi connectivity index (χ1n) is 5.66. The van der Waals surface area contributed by atoms with E-state index in [-0.39, 0.29) is 24.4 Å². The highest BCUT2D eigenvalue weighted by Gasteiger charge is 2.35. The van der Waals surface area contributed by atoms with Crippen molar-refractivity contribution >= 4 is 11.8 Å². The van der Waals surface area contributed by atoms with Gasteiger partial charge in [0.1, 0.15) is 17.6 Å². The summed E-state index contributed by atoms with van der Waals surface area (Å²) in [5, 5.41) is 2.56. The van der Waals surface area contributed by atoms with E-state index in [1.54, 1.807) is 11.8 Å². The number of furan rings is 1. The predicted molar refractivity (Wildman–Crippen MR) is 61.2 cm³/mol. The van der Waals surface area contributed by atoms with Crippen molar-refractivity contribution in [3.05, 3.63) is 23.7 Å². The molecule has 1 aliphatic heterocycles. The Hall–Kier alpha value is -1.78. The first-order chi connectivity index (χ1) is 8.00. The van der Waals surface area contributed by atoms with Crippen LogP contribution in [0, 0.1) is 6.92 Å². The van der Waals surface area contributed by atoms with Crippen LogP contribution in [0.1, 0.15) is 31.4 Å². The lowest BCUT2D eigenvalue weighted by Crippen LogP contribution is -2.57. The highest BCUT2D eigenvalue weighted by atomic mass is 16.3. The van der Waals surface area contributed by atoms with Gasteiger partial charge in [0, 0.05) is 0 Å². The topological polar surface area (TPSA) is 62.6 Å². The fourth-order valence-corrected chi connectivity index (χ4v) is 2.11. The van der Waals surface area contributed by atoms with Gasteiger partial charge < -0.3 is 14.6 Å². The van der Waals surface area contributed by atoms with Crippen molar-refractivity contribution in [2.75, 3.05) is 6.54 Å². The van der Waals surface area contributed by atoms with E-state index < -0.39 is 6.04 Å². The molecule has 5 nitrogen and oxygen atoms in total. The van der Waals surface area contributed by atoms with Gasteiger partial charge in [-0.05, 0) is 32.9 Å². The van der Waals surface area contributed by atoms with Crippen molar-refractivity contribution in [3.63, 3.8) is 0 Å². The smallest absolute Gasteiger partial charge is 0.243 e. The maximum atomic E-state index is 11.8. The van der Waals surface area contributed by atoms with Crippen LogP contribution < -0.4 is 5.32 Å². The Balaban J connectivity index is 2.25. The molecule has 1 aliphatic rings. The third-order valence-electron chi connectivity index (χ3n) is 3.09. The quantitative estimate of drug-likeness (QED) is 0.833. The number of nitrogens with zero attached hydrogens (tertiary/aromatic N) is 1. The molecule has 0 aromatic carbocycles. The summed E-state index contributed by atoms with van der Waals surface area (Å²) in [6.07, 6.45) is 0. The van der Waals surface area contributed by atoms with Crippen molar-refractivity contribution in [1.29, 1.82) is 0 Å². The Bertz CT molecular complexity index is 452. The number of piperazine rings is 1. The van der Waals surface area contributed by atoms with Crippen LogP contribution in [0.2, 0.25) is 0 Å². The molecule has 0 saturated carbocycles. The second kappa shape index (κ2) is 4.24. The highest BCUT2D eigenvalue weighted by molar-refractivity contribution is 5.94. The third kappa shape index (κ3) is 2.05. The van der Waals surface area contributed by atoms with Crippen molar-refractivity contribution in [3.8, 4) is 0 Å². The first-order valence-corrected chi connectivity index (χ1v) is 5.66. The molecule has 0 bridgehead atoms. The Morgan fingerprint density at radius 3 is 2.76 bits per heavy atom.